The lowest BCUT2D eigenvalue weighted by molar-refractivity contribution is 0.886. The van der Waals surface area contributed by atoms with E-state index in [-0.39, 0.29) is 0 Å². The van der Waals surface area contributed by atoms with E-state index in [0.717, 1.165) is 0 Å². The molecule has 0 unspecified atom stereocenters. The van der Waals surface area contributed by atoms with E-state index in [1.165, 1.54) is 0 Å². The second-order valence-corrected chi connectivity index (χ2v) is 0.269. The summed E-state index contributed by atoms with van der Waals surface area (Å²) in [6.45, 7) is -5.35. The predicted molar refractivity (Wildman–Crippen MR) is 20.6 cm³/mol. The van der Waals surface area contributed by atoms with Crippen molar-refractivity contribution < 1.29 is 12.3 Å². The predicted octanol–water partition coefficient (Wildman–Crippen LogP) is 1.81. The van der Waals surface area contributed by atoms with Crippen LogP contribution in [0.5, 0.6) is 0 Å². The zero-order valence-corrected chi connectivity index (χ0v) is 2.08. The smallest absolute Gasteiger partial charge is 0.0264 e. The molecule has 0 N–H and O–H groups in total. The van der Waals surface area contributed by atoms with Crippen molar-refractivity contribution in [1.29, 1.82) is 0 Å². The van der Waals surface area contributed by atoms with Gasteiger partial charge < -0.3 is 0 Å². The molecule has 0 saturated heterocycles. The van der Waals surface area contributed by atoms with Crippen molar-refractivity contribution in [3.63, 3.8) is 0 Å². The van der Waals surface area contributed by atoms with Crippen LogP contribution in [0.2, 0.25) is 0 Å². The maximum Gasteiger partial charge on any atom is 0.0264 e. The van der Waals surface area contributed by atoms with E-state index in [0.29, 0.717) is 0 Å². The molecule has 0 bridgehead atoms. The Kier molecular flexibility index (Phi) is 0.188. The first-order valence-corrected chi connectivity index (χ1v) is 0.789. The summed E-state index contributed by atoms with van der Waals surface area (Å²) in [6.07, 6.45) is -6.20. The SMILES string of the molecule is [2H]C([2H])C([2H])([2H])C([2H])([2H])C([2H])([2H])[2H]. The average molecular weight is 67.2 g/mol. The van der Waals surface area contributed by atoms with Gasteiger partial charge in [-0.2, -0.15) is 0 Å². The minimum absolute atomic E-state index is 2.18. The molecule has 0 heteroatoms. The third-order valence-electron chi connectivity index (χ3n) is 0.0722. The Morgan fingerprint density at radius 2 is 3.00 bits per heavy atom. The van der Waals surface area contributed by atoms with Crippen LogP contribution in [0, 0.1) is 0 Å². The van der Waals surface area contributed by atoms with Gasteiger partial charge in [-0.25, -0.2) is 0 Å². The van der Waals surface area contributed by atoms with Crippen molar-refractivity contribution >= 4 is 0 Å². The van der Waals surface area contributed by atoms with Crippen LogP contribution in [0.3, 0.4) is 0 Å². The molecule has 0 rings (SSSR count). The average Bonchev–Trinajstić information content (AvgIpc) is 1.84. The van der Waals surface area contributed by atoms with Crippen LogP contribution in [0.1, 0.15) is 38.8 Å². The van der Waals surface area contributed by atoms with E-state index in [4.69, 9.17) is 12.3 Å². The van der Waals surface area contributed by atoms with Crippen LogP contribution < -0.4 is 0 Å². The molecule has 0 spiro atoms. The van der Waals surface area contributed by atoms with Gasteiger partial charge in [-0.15, -0.1) is 0 Å². The molecule has 0 aromatic carbocycles. The van der Waals surface area contributed by atoms with E-state index in [9.17, 15) is 0 Å². The number of hydrogen-bond acceptors (Lipinski definition) is 0. The molecule has 26 valence electrons. The molecule has 0 heterocycles. The van der Waals surface area contributed by atoms with Gasteiger partial charge in [-0.3, -0.25) is 0 Å². The van der Waals surface area contributed by atoms with E-state index < -0.39 is 26.5 Å². The lowest BCUT2D eigenvalue weighted by Crippen LogP contribution is -1.47. The van der Waals surface area contributed by atoms with E-state index in [1.54, 1.807) is 0 Å². The molecule has 0 radical (unpaired) electrons. The highest BCUT2D eigenvalue weighted by Crippen LogP contribution is 1.76. The lowest BCUT2D eigenvalue weighted by Gasteiger charge is -1.68. The van der Waals surface area contributed by atoms with Crippen molar-refractivity contribution in [2.75, 3.05) is 0 Å². The molecule has 4 heavy (non-hydrogen) atoms. The normalized spacial score (nSPS) is 51.8. The maximum atomic E-state index is 7.00. The molecule has 0 amide bonds. The minimum Gasteiger partial charge on any atom is -0.0654 e. The molecule has 0 atom stereocenters. The fourth-order valence-electron chi connectivity index (χ4n) is 0. The Labute approximate surface area is 40.5 Å². The Balaban J connectivity index is 5.04. The molecule has 0 aliphatic carbocycles. The van der Waals surface area contributed by atoms with Gasteiger partial charge in [0, 0.05) is 12.3 Å². The minimum atomic E-state index is -3.19. The first-order chi connectivity index (χ1) is 5.44. The number of hydrogen-bond donors (Lipinski definition) is 0. The van der Waals surface area contributed by atoms with Crippen molar-refractivity contribution in [2.45, 2.75) is 26.5 Å². The lowest BCUT2D eigenvalue weighted by atomic mass is 10.4. The largest absolute Gasteiger partial charge is 0.0654 e. The first kappa shape index (κ1) is 0.250. The van der Waals surface area contributed by atoms with Gasteiger partial charge in [0.1, 0.15) is 0 Å². The second-order valence-electron chi connectivity index (χ2n) is 0.269. The Hall–Kier alpha value is 0. The highest BCUT2D eigenvalue weighted by atomic mass is 13.6. The summed E-state index contributed by atoms with van der Waals surface area (Å²) in [5.74, 6) is 0. The van der Waals surface area contributed by atoms with Crippen molar-refractivity contribution in [1.82, 2.24) is 0 Å². The monoisotopic (exact) mass is 67.1 g/mol. The van der Waals surface area contributed by atoms with Crippen LogP contribution >= 0.6 is 0 Å². The standard InChI is InChI=1S/C4H10/c1-3-4-2/h3-4H2,1-2H3/i1D2,2D3,3D2,4D2. The zero-order valence-electron chi connectivity index (χ0n) is 11.1. The summed E-state index contributed by atoms with van der Waals surface area (Å²) in [7, 11) is 0. The van der Waals surface area contributed by atoms with E-state index >= 15 is 0 Å². The van der Waals surface area contributed by atoms with Gasteiger partial charge in [-0.1, -0.05) is 26.5 Å². The summed E-state index contributed by atoms with van der Waals surface area (Å²) in [6, 6.07) is 0. The van der Waals surface area contributed by atoms with E-state index in [2.05, 4.69) is 0 Å². The van der Waals surface area contributed by atoms with E-state index in [1.807, 2.05) is 0 Å². The molecule has 0 nitrogen and oxygen atoms in total. The van der Waals surface area contributed by atoms with Crippen LogP contribution in [-0.4, -0.2) is 0 Å². The van der Waals surface area contributed by atoms with Gasteiger partial charge in [-0.05, 0) is 0 Å². The first-order valence-electron chi connectivity index (χ1n) is 5.44. The van der Waals surface area contributed by atoms with Gasteiger partial charge in [0.05, 0.1) is 0 Å². The van der Waals surface area contributed by atoms with Crippen LogP contribution in [0.4, 0.5) is 0 Å². The van der Waals surface area contributed by atoms with Crippen molar-refractivity contribution in [3.05, 3.63) is 0 Å². The third-order valence-corrected chi connectivity index (χ3v) is 0.0722. The summed E-state index contributed by atoms with van der Waals surface area (Å²) in [5.41, 5.74) is 0. The Morgan fingerprint density at radius 3 is 3.25 bits per heavy atom. The summed E-state index contributed by atoms with van der Waals surface area (Å²) in [4.78, 5) is 0. The Bertz CT molecular complexity index is 177. The molecule has 0 aliphatic rings. The molecular formula is C4H10. The topological polar surface area (TPSA) is 0 Å². The second kappa shape index (κ2) is 3.00. The molecule has 0 saturated carbocycles. The molecule has 0 aliphatic heterocycles. The molecule has 0 aromatic rings. The van der Waals surface area contributed by atoms with Crippen LogP contribution in [-0.2, 0) is 0 Å². The molecular weight excluding hydrogens is 48.0 g/mol. The maximum absolute atomic E-state index is 7.00. The van der Waals surface area contributed by atoms with Gasteiger partial charge in [0.2, 0.25) is 0 Å². The van der Waals surface area contributed by atoms with Gasteiger partial charge >= 0.3 is 0 Å². The number of rotatable bonds is 1. The fourth-order valence-corrected chi connectivity index (χ4v) is 0. The van der Waals surface area contributed by atoms with Crippen LogP contribution in [0.15, 0.2) is 0 Å². The van der Waals surface area contributed by atoms with Gasteiger partial charge in [0.15, 0.2) is 0 Å². The Morgan fingerprint density at radius 1 is 2.00 bits per heavy atom. The van der Waals surface area contributed by atoms with Crippen molar-refractivity contribution in [2.24, 2.45) is 0 Å². The zero-order chi connectivity index (χ0) is 11.1. The molecule has 0 fully saturated rings. The van der Waals surface area contributed by atoms with Crippen LogP contribution in [0.25, 0.3) is 0 Å². The fraction of sp³-hybridized carbons (Fsp3) is 1.00. The summed E-state index contributed by atoms with van der Waals surface area (Å²) < 4.78 is 61.6. The van der Waals surface area contributed by atoms with Crippen molar-refractivity contribution in [3.8, 4) is 0 Å². The highest BCUT2D eigenvalue weighted by molar-refractivity contribution is 4.12. The van der Waals surface area contributed by atoms with Gasteiger partial charge in [0.25, 0.3) is 0 Å². The third kappa shape index (κ3) is 2.00. The quantitative estimate of drug-likeness (QED) is 0.438. The highest BCUT2D eigenvalue weighted by Gasteiger charge is 1.56. The molecule has 0 aromatic heterocycles. The summed E-state index contributed by atoms with van der Waals surface area (Å²) >= 11 is 0. The summed E-state index contributed by atoms with van der Waals surface area (Å²) in [5, 5.41) is 0.